The fourth-order valence-corrected chi connectivity index (χ4v) is 1.94. The Kier molecular flexibility index (Phi) is 6.62. The summed E-state index contributed by atoms with van der Waals surface area (Å²) in [7, 11) is 0. The average molecular weight is 312 g/mol. The zero-order chi connectivity index (χ0) is 16.0. The highest BCUT2D eigenvalue weighted by atomic mass is 35.5. The fraction of sp³-hybridized carbons (Fsp3) is 0.533. The minimum Gasteiger partial charge on any atom is -0.354 e. The average Bonchev–Trinajstić information content (AvgIpc) is 2.36. The van der Waals surface area contributed by atoms with Crippen molar-refractivity contribution >= 4 is 23.4 Å². The monoisotopic (exact) mass is 311 g/mol. The van der Waals surface area contributed by atoms with Crippen molar-refractivity contribution in [3.05, 3.63) is 28.5 Å². The van der Waals surface area contributed by atoms with Gasteiger partial charge >= 0.3 is 0 Å². The summed E-state index contributed by atoms with van der Waals surface area (Å²) in [6, 6.07) is 3.35. The van der Waals surface area contributed by atoms with Crippen molar-refractivity contribution in [1.82, 2.24) is 15.6 Å². The van der Waals surface area contributed by atoms with Crippen molar-refractivity contribution in [1.29, 1.82) is 0 Å². The number of pyridine rings is 1. The smallest absolute Gasteiger partial charge is 0.251 e. The molecule has 2 N–H and O–H groups in total. The van der Waals surface area contributed by atoms with Crippen LogP contribution < -0.4 is 10.6 Å². The van der Waals surface area contributed by atoms with Crippen molar-refractivity contribution in [3.63, 3.8) is 0 Å². The van der Waals surface area contributed by atoms with Crippen LogP contribution in [-0.2, 0) is 4.79 Å². The Bertz CT molecular complexity index is 516. The first-order valence-electron chi connectivity index (χ1n) is 7.04. The van der Waals surface area contributed by atoms with Crippen molar-refractivity contribution in [2.45, 2.75) is 46.1 Å². The van der Waals surface area contributed by atoms with Gasteiger partial charge in [-0.05, 0) is 31.9 Å². The van der Waals surface area contributed by atoms with Crippen molar-refractivity contribution in [2.75, 3.05) is 6.54 Å². The SMILES string of the molecule is CC(C)NC(=O)CCNC(=O)c1cc(Cl)nc(C(C)C)c1. The van der Waals surface area contributed by atoms with Gasteiger partial charge in [0.15, 0.2) is 0 Å². The number of nitrogens with zero attached hydrogens (tertiary/aromatic N) is 1. The highest BCUT2D eigenvalue weighted by Gasteiger charge is 2.11. The first-order chi connectivity index (χ1) is 9.79. The van der Waals surface area contributed by atoms with E-state index in [2.05, 4.69) is 15.6 Å². The third-order valence-electron chi connectivity index (χ3n) is 2.75. The van der Waals surface area contributed by atoms with Gasteiger partial charge in [-0.3, -0.25) is 9.59 Å². The minimum absolute atomic E-state index is 0.0825. The summed E-state index contributed by atoms with van der Waals surface area (Å²) in [4.78, 5) is 27.7. The number of rotatable bonds is 6. The zero-order valence-corrected chi connectivity index (χ0v) is 13.6. The topological polar surface area (TPSA) is 71.1 Å². The fourth-order valence-electron chi connectivity index (χ4n) is 1.73. The summed E-state index contributed by atoms with van der Waals surface area (Å²) in [5.74, 6) is -0.147. The minimum atomic E-state index is -0.251. The second kappa shape index (κ2) is 7.98. The Balaban J connectivity index is 2.58. The van der Waals surface area contributed by atoms with E-state index in [-0.39, 0.29) is 36.7 Å². The van der Waals surface area contributed by atoms with Crippen LogP contribution in [0.25, 0.3) is 0 Å². The van der Waals surface area contributed by atoms with Crippen LogP contribution in [0, 0.1) is 0 Å². The highest BCUT2D eigenvalue weighted by Crippen LogP contribution is 2.17. The zero-order valence-electron chi connectivity index (χ0n) is 12.9. The first-order valence-corrected chi connectivity index (χ1v) is 7.42. The van der Waals surface area contributed by atoms with Crippen LogP contribution in [0.4, 0.5) is 0 Å². The molecule has 116 valence electrons. The third kappa shape index (κ3) is 6.12. The maximum absolute atomic E-state index is 12.0. The van der Waals surface area contributed by atoms with Gasteiger partial charge in [-0.1, -0.05) is 25.4 Å². The quantitative estimate of drug-likeness (QED) is 0.793. The molecule has 1 aromatic heterocycles. The number of nitrogens with one attached hydrogen (secondary N) is 2. The predicted octanol–water partition coefficient (Wildman–Crippen LogP) is 2.50. The Labute approximate surface area is 130 Å². The van der Waals surface area contributed by atoms with Gasteiger partial charge in [0.05, 0.1) is 0 Å². The van der Waals surface area contributed by atoms with Gasteiger partial charge in [0.2, 0.25) is 5.91 Å². The molecule has 0 bridgehead atoms. The van der Waals surface area contributed by atoms with Crippen LogP contribution in [0.5, 0.6) is 0 Å². The molecule has 0 saturated heterocycles. The number of hydrogen-bond donors (Lipinski definition) is 2. The van der Waals surface area contributed by atoms with Gasteiger partial charge in [0.25, 0.3) is 5.91 Å². The third-order valence-corrected chi connectivity index (χ3v) is 2.95. The number of hydrogen-bond acceptors (Lipinski definition) is 3. The van der Waals surface area contributed by atoms with Gasteiger partial charge in [-0.2, -0.15) is 0 Å². The molecule has 1 rings (SSSR count). The molecular weight excluding hydrogens is 290 g/mol. The molecule has 0 fully saturated rings. The van der Waals surface area contributed by atoms with E-state index in [1.807, 2.05) is 27.7 Å². The molecule has 0 aliphatic rings. The number of amides is 2. The number of carbonyl (C=O) groups is 2. The standard InChI is InChI=1S/C15H22ClN3O2/c1-9(2)12-7-11(8-13(16)19-12)15(21)17-6-5-14(20)18-10(3)4/h7-10H,5-6H2,1-4H3,(H,17,21)(H,18,20). The van der Waals surface area contributed by atoms with Crippen LogP contribution in [0.2, 0.25) is 5.15 Å². The van der Waals surface area contributed by atoms with Gasteiger partial charge in [0.1, 0.15) is 5.15 Å². The molecule has 0 aliphatic heterocycles. The lowest BCUT2D eigenvalue weighted by atomic mass is 10.1. The number of halogens is 1. The Hall–Kier alpha value is -1.62. The molecule has 6 heteroatoms. The molecule has 1 heterocycles. The normalized spacial score (nSPS) is 10.8. The molecule has 21 heavy (non-hydrogen) atoms. The van der Waals surface area contributed by atoms with E-state index in [1.54, 1.807) is 6.07 Å². The molecule has 5 nitrogen and oxygen atoms in total. The lowest BCUT2D eigenvalue weighted by Crippen LogP contribution is -2.34. The molecule has 0 saturated carbocycles. The molecule has 0 atom stereocenters. The van der Waals surface area contributed by atoms with Crippen molar-refractivity contribution < 1.29 is 9.59 Å². The number of carbonyl (C=O) groups excluding carboxylic acids is 2. The van der Waals surface area contributed by atoms with E-state index in [0.29, 0.717) is 10.7 Å². The summed E-state index contributed by atoms with van der Waals surface area (Å²) >= 11 is 5.92. The molecule has 0 radical (unpaired) electrons. The predicted molar refractivity (Wildman–Crippen MR) is 83.6 cm³/mol. The van der Waals surface area contributed by atoms with Crippen LogP contribution in [0.3, 0.4) is 0 Å². The highest BCUT2D eigenvalue weighted by molar-refractivity contribution is 6.29. The molecule has 0 spiro atoms. The van der Waals surface area contributed by atoms with Crippen LogP contribution in [0.1, 0.15) is 56.1 Å². The van der Waals surface area contributed by atoms with Gasteiger partial charge < -0.3 is 10.6 Å². The van der Waals surface area contributed by atoms with E-state index in [9.17, 15) is 9.59 Å². The van der Waals surface area contributed by atoms with Gasteiger partial charge in [-0.15, -0.1) is 0 Å². The van der Waals surface area contributed by atoms with Crippen LogP contribution in [-0.4, -0.2) is 29.4 Å². The first kappa shape index (κ1) is 17.4. The summed E-state index contributed by atoms with van der Waals surface area (Å²) in [6.07, 6.45) is 0.250. The van der Waals surface area contributed by atoms with E-state index in [0.717, 1.165) is 5.69 Å². The molecule has 1 aromatic rings. The largest absolute Gasteiger partial charge is 0.354 e. The van der Waals surface area contributed by atoms with Gasteiger partial charge in [-0.25, -0.2) is 4.98 Å². The van der Waals surface area contributed by atoms with Gasteiger partial charge in [0, 0.05) is 30.3 Å². The van der Waals surface area contributed by atoms with Crippen molar-refractivity contribution in [2.24, 2.45) is 0 Å². The van der Waals surface area contributed by atoms with E-state index < -0.39 is 0 Å². The second-order valence-electron chi connectivity index (χ2n) is 5.49. The summed E-state index contributed by atoms with van der Waals surface area (Å²) in [6.45, 7) is 8.04. The lowest BCUT2D eigenvalue weighted by Gasteiger charge is -2.10. The maximum atomic E-state index is 12.0. The summed E-state index contributed by atoms with van der Waals surface area (Å²) in [5.41, 5.74) is 1.23. The van der Waals surface area contributed by atoms with Crippen molar-refractivity contribution in [3.8, 4) is 0 Å². The van der Waals surface area contributed by atoms with E-state index in [1.165, 1.54) is 6.07 Å². The molecular formula is C15H22ClN3O2. The number of aromatic nitrogens is 1. The Morgan fingerprint density at radius 3 is 2.48 bits per heavy atom. The molecule has 0 aromatic carbocycles. The summed E-state index contributed by atoms with van der Waals surface area (Å²) in [5, 5.41) is 5.77. The lowest BCUT2D eigenvalue weighted by molar-refractivity contribution is -0.121. The summed E-state index contributed by atoms with van der Waals surface area (Å²) < 4.78 is 0. The molecule has 0 aliphatic carbocycles. The van der Waals surface area contributed by atoms with E-state index in [4.69, 9.17) is 11.6 Å². The Morgan fingerprint density at radius 1 is 1.24 bits per heavy atom. The van der Waals surface area contributed by atoms with Crippen LogP contribution in [0.15, 0.2) is 12.1 Å². The molecule has 2 amide bonds. The maximum Gasteiger partial charge on any atom is 0.251 e. The van der Waals surface area contributed by atoms with E-state index >= 15 is 0 Å². The Morgan fingerprint density at radius 2 is 1.90 bits per heavy atom. The van der Waals surface area contributed by atoms with Crippen LogP contribution >= 0.6 is 11.6 Å². The second-order valence-corrected chi connectivity index (χ2v) is 5.87. The molecule has 0 unspecified atom stereocenters.